The summed E-state index contributed by atoms with van der Waals surface area (Å²) in [5.74, 6) is 0. The summed E-state index contributed by atoms with van der Waals surface area (Å²) < 4.78 is 50.7. The number of rotatable bonds is 6. The molecule has 0 saturated heterocycles. The Kier molecular flexibility index (Phi) is 5.32. The van der Waals surface area contributed by atoms with Crippen molar-refractivity contribution in [1.82, 2.24) is 4.41 Å². The number of non-ortho nitro benzene ring substituents is 1. The quantitative estimate of drug-likeness (QED) is 0.541. The van der Waals surface area contributed by atoms with Crippen molar-refractivity contribution in [2.24, 2.45) is 5.10 Å². The van der Waals surface area contributed by atoms with Gasteiger partial charge in [0.05, 0.1) is 29.2 Å². The molecule has 0 aromatic heterocycles. The molecule has 0 radical (unpaired) electrons. The summed E-state index contributed by atoms with van der Waals surface area (Å²) in [6.45, 7) is 0. The Balaban J connectivity index is 2.00. The average Bonchev–Trinajstić information content (AvgIpc) is 3.06. The van der Waals surface area contributed by atoms with Crippen molar-refractivity contribution >= 4 is 37.1 Å². The third kappa shape index (κ3) is 4.90. The van der Waals surface area contributed by atoms with Crippen molar-refractivity contribution in [2.75, 3.05) is 17.2 Å². The summed E-state index contributed by atoms with van der Waals surface area (Å²) in [5.41, 5.74) is 1.57. The number of nitrogens with one attached hydrogen (secondary N) is 1. The van der Waals surface area contributed by atoms with Crippen LogP contribution in [0.1, 0.15) is 23.6 Å². The van der Waals surface area contributed by atoms with E-state index in [0.29, 0.717) is 22.5 Å². The maximum atomic E-state index is 12.3. The first-order valence-corrected chi connectivity index (χ1v) is 12.1. The molecular weight excluding hydrogens is 420 g/mol. The van der Waals surface area contributed by atoms with Crippen LogP contribution in [-0.2, 0) is 20.0 Å². The first-order valence-electron chi connectivity index (χ1n) is 8.33. The lowest BCUT2D eigenvalue weighted by atomic mass is 9.98. The van der Waals surface area contributed by atoms with Crippen molar-refractivity contribution in [1.29, 1.82) is 0 Å². The number of anilines is 1. The molecule has 0 saturated carbocycles. The zero-order valence-electron chi connectivity index (χ0n) is 15.5. The summed E-state index contributed by atoms with van der Waals surface area (Å²) in [5, 5.41) is 15.3. The van der Waals surface area contributed by atoms with Crippen LogP contribution in [0.25, 0.3) is 0 Å². The topological polar surface area (TPSA) is 139 Å². The summed E-state index contributed by atoms with van der Waals surface area (Å²) in [7, 11) is -7.23. The maximum Gasteiger partial charge on any atom is 0.269 e. The highest BCUT2D eigenvalue weighted by Crippen LogP contribution is 2.36. The number of benzene rings is 2. The van der Waals surface area contributed by atoms with Gasteiger partial charge in [-0.2, -0.15) is 9.52 Å². The second-order valence-corrected chi connectivity index (χ2v) is 10.2. The minimum absolute atomic E-state index is 0.149. The van der Waals surface area contributed by atoms with Crippen molar-refractivity contribution in [2.45, 2.75) is 12.5 Å². The molecule has 154 valence electrons. The fraction of sp³-hybridized carbons (Fsp3) is 0.235. The predicted molar refractivity (Wildman–Crippen MR) is 109 cm³/mol. The molecular formula is C17H18N4O6S2. The Bertz CT molecular complexity index is 1210. The van der Waals surface area contributed by atoms with Crippen LogP contribution in [0.15, 0.2) is 53.6 Å². The highest BCUT2D eigenvalue weighted by atomic mass is 32.2. The van der Waals surface area contributed by atoms with Gasteiger partial charge in [0, 0.05) is 24.2 Å². The van der Waals surface area contributed by atoms with Crippen LogP contribution in [0, 0.1) is 10.1 Å². The van der Waals surface area contributed by atoms with Gasteiger partial charge in [-0.15, -0.1) is 0 Å². The zero-order chi connectivity index (χ0) is 21.4. The van der Waals surface area contributed by atoms with Crippen LogP contribution >= 0.6 is 0 Å². The fourth-order valence-corrected chi connectivity index (χ4v) is 4.50. The molecule has 0 aliphatic carbocycles. The minimum Gasteiger partial charge on any atom is -0.284 e. The summed E-state index contributed by atoms with van der Waals surface area (Å²) >= 11 is 0. The molecule has 0 spiro atoms. The van der Waals surface area contributed by atoms with Gasteiger partial charge in [0.1, 0.15) is 0 Å². The van der Waals surface area contributed by atoms with Gasteiger partial charge in [-0.1, -0.05) is 24.3 Å². The van der Waals surface area contributed by atoms with Gasteiger partial charge < -0.3 is 0 Å². The van der Waals surface area contributed by atoms with Gasteiger partial charge in [0.15, 0.2) is 0 Å². The maximum absolute atomic E-state index is 12.3. The Labute approximate surface area is 168 Å². The molecule has 0 amide bonds. The molecule has 10 nitrogen and oxygen atoms in total. The van der Waals surface area contributed by atoms with E-state index in [2.05, 4.69) is 9.82 Å². The van der Waals surface area contributed by atoms with E-state index in [-0.39, 0.29) is 12.1 Å². The summed E-state index contributed by atoms with van der Waals surface area (Å²) in [4.78, 5) is 10.5. The highest BCUT2D eigenvalue weighted by molar-refractivity contribution is 7.92. The van der Waals surface area contributed by atoms with Crippen LogP contribution < -0.4 is 4.72 Å². The second kappa shape index (κ2) is 7.44. The Morgan fingerprint density at radius 1 is 1.10 bits per heavy atom. The van der Waals surface area contributed by atoms with Crippen LogP contribution in [0.5, 0.6) is 0 Å². The van der Waals surface area contributed by atoms with Gasteiger partial charge in [-0.25, -0.2) is 16.8 Å². The standard InChI is InChI=1S/C17H18N4O6S2/c1-28(24,25)19-14-7-3-5-12(9-14)16-11-17(20(18-16)29(2,26)27)13-6-4-8-15(10-13)21(22)23/h3-10,17,19H,11H2,1-2H3. The van der Waals surface area contributed by atoms with E-state index in [1.807, 2.05) is 0 Å². The molecule has 29 heavy (non-hydrogen) atoms. The fourth-order valence-electron chi connectivity index (χ4n) is 3.04. The molecule has 12 heteroatoms. The first kappa shape index (κ1) is 20.7. The molecule has 1 heterocycles. The van der Waals surface area contributed by atoms with Gasteiger partial charge in [-0.05, 0) is 23.3 Å². The van der Waals surface area contributed by atoms with E-state index in [1.165, 1.54) is 18.2 Å². The van der Waals surface area contributed by atoms with Crippen molar-refractivity contribution in [3.63, 3.8) is 0 Å². The number of hydrogen-bond acceptors (Lipinski definition) is 7. The lowest BCUT2D eigenvalue weighted by Crippen LogP contribution is -2.25. The van der Waals surface area contributed by atoms with Crippen molar-refractivity contribution in [3.8, 4) is 0 Å². The number of nitro benzene ring substituents is 1. The van der Waals surface area contributed by atoms with Crippen LogP contribution in [0.4, 0.5) is 11.4 Å². The van der Waals surface area contributed by atoms with Crippen molar-refractivity contribution < 1.29 is 21.8 Å². The molecule has 1 aliphatic rings. The van der Waals surface area contributed by atoms with Crippen LogP contribution in [-0.4, -0.2) is 44.4 Å². The van der Waals surface area contributed by atoms with Gasteiger partial charge in [-0.3, -0.25) is 14.8 Å². The number of hydrogen-bond donors (Lipinski definition) is 1. The molecule has 1 unspecified atom stereocenters. The predicted octanol–water partition coefficient (Wildman–Crippen LogP) is 2.08. The van der Waals surface area contributed by atoms with E-state index < -0.39 is 31.0 Å². The van der Waals surface area contributed by atoms with E-state index in [4.69, 9.17) is 0 Å². The molecule has 3 rings (SSSR count). The van der Waals surface area contributed by atoms with Gasteiger partial charge in [0.25, 0.3) is 5.69 Å². The lowest BCUT2D eigenvalue weighted by molar-refractivity contribution is -0.384. The molecule has 2 aromatic carbocycles. The van der Waals surface area contributed by atoms with Crippen molar-refractivity contribution in [3.05, 3.63) is 69.8 Å². The first-order chi connectivity index (χ1) is 13.4. The SMILES string of the molecule is CS(=O)(=O)Nc1cccc(C2=NN(S(C)(=O)=O)C(c3cccc([N+](=O)[O-])c3)C2)c1. The van der Waals surface area contributed by atoms with E-state index >= 15 is 0 Å². The molecule has 0 bridgehead atoms. The zero-order valence-corrected chi connectivity index (χ0v) is 17.1. The monoisotopic (exact) mass is 438 g/mol. The summed E-state index contributed by atoms with van der Waals surface area (Å²) in [6.07, 6.45) is 2.21. The molecule has 1 aliphatic heterocycles. The normalized spacial score (nSPS) is 17.1. The highest BCUT2D eigenvalue weighted by Gasteiger charge is 2.35. The Hall–Kier alpha value is -2.99. The largest absolute Gasteiger partial charge is 0.284 e. The van der Waals surface area contributed by atoms with Gasteiger partial charge in [0.2, 0.25) is 20.0 Å². The minimum atomic E-state index is -3.75. The average molecular weight is 438 g/mol. The molecule has 2 aromatic rings. The molecule has 1 N–H and O–H groups in total. The number of hydrazone groups is 1. The second-order valence-electron chi connectivity index (χ2n) is 6.61. The number of sulfonamides is 2. The number of nitro groups is 1. The third-order valence-corrected chi connectivity index (χ3v) is 5.80. The molecule has 1 atom stereocenters. The van der Waals surface area contributed by atoms with Gasteiger partial charge >= 0.3 is 0 Å². The van der Waals surface area contributed by atoms with Crippen LogP contribution in [0.3, 0.4) is 0 Å². The smallest absolute Gasteiger partial charge is 0.269 e. The Morgan fingerprint density at radius 3 is 2.41 bits per heavy atom. The summed E-state index contributed by atoms with van der Waals surface area (Å²) in [6, 6.07) is 11.4. The van der Waals surface area contributed by atoms with Crippen LogP contribution in [0.2, 0.25) is 0 Å². The lowest BCUT2D eigenvalue weighted by Gasteiger charge is -2.21. The third-order valence-electron chi connectivity index (χ3n) is 4.18. The van der Waals surface area contributed by atoms with E-state index in [9.17, 15) is 26.9 Å². The van der Waals surface area contributed by atoms with E-state index in [0.717, 1.165) is 16.9 Å². The number of nitrogens with zero attached hydrogens (tertiary/aromatic N) is 3. The Morgan fingerprint density at radius 2 is 1.79 bits per heavy atom. The molecule has 0 fully saturated rings. The van der Waals surface area contributed by atoms with E-state index in [1.54, 1.807) is 30.3 Å².